The summed E-state index contributed by atoms with van der Waals surface area (Å²) in [5.41, 5.74) is 2.71. The largest absolute Gasteiger partial charge is 0.331 e. The third kappa shape index (κ3) is 3.62. The van der Waals surface area contributed by atoms with Crippen LogP contribution in [0, 0.1) is 4.77 Å². The summed E-state index contributed by atoms with van der Waals surface area (Å²) in [6, 6.07) is 16.2. The highest BCUT2D eigenvalue weighted by Crippen LogP contribution is 2.24. The van der Waals surface area contributed by atoms with Gasteiger partial charge in [-0.25, -0.2) is 0 Å². The lowest BCUT2D eigenvalue weighted by molar-refractivity contribution is 0.184. The quantitative estimate of drug-likeness (QED) is 0.661. The van der Waals surface area contributed by atoms with E-state index in [-0.39, 0.29) is 5.56 Å². The molecule has 1 fully saturated rings. The van der Waals surface area contributed by atoms with E-state index in [9.17, 15) is 4.79 Å². The Balaban J connectivity index is 1.76. The molecule has 0 radical (unpaired) electrons. The van der Waals surface area contributed by atoms with E-state index in [0.29, 0.717) is 16.2 Å². The molecule has 3 aromatic rings. The fraction of sp³-hybridized carbons (Fsp3) is 0.364. The number of hydrogen-bond donors (Lipinski definition) is 1. The number of nitrogens with one attached hydrogen (secondary N) is 1. The highest BCUT2D eigenvalue weighted by molar-refractivity contribution is 7.71. The smallest absolute Gasteiger partial charge is 0.266 e. The van der Waals surface area contributed by atoms with E-state index in [1.54, 1.807) is 4.57 Å². The lowest BCUT2D eigenvalue weighted by Crippen LogP contribution is -2.33. The van der Waals surface area contributed by atoms with Gasteiger partial charge in [-0.05, 0) is 55.9 Å². The van der Waals surface area contributed by atoms with Gasteiger partial charge in [-0.15, -0.1) is 0 Å². The molecule has 140 valence electrons. The maximum atomic E-state index is 13.2. The summed E-state index contributed by atoms with van der Waals surface area (Å²) in [4.78, 5) is 18.8. The zero-order chi connectivity index (χ0) is 18.8. The first kappa shape index (κ1) is 18.1. The normalized spacial score (nSPS) is 15.5. The Kier molecular flexibility index (Phi) is 5.23. The molecule has 0 spiro atoms. The van der Waals surface area contributed by atoms with Crippen molar-refractivity contribution in [3.63, 3.8) is 0 Å². The number of benzene rings is 2. The van der Waals surface area contributed by atoms with Crippen molar-refractivity contribution in [3.05, 3.63) is 69.2 Å². The second kappa shape index (κ2) is 7.79. The van der Waals surface area contributed by atoms with E-state index in [0.717, 1.165) is 23.3 Å². The van der Waals surface area contributed by atoms with Crippen molar-refractivity contribution in [2.75, 3.05) is 7.05 Å². The van der Waals surface area contributed by atoms with Gasteiger partial charge < -0.3 is 4.98 Å². The molecule has 1 aromatic heterocycles. The van der Waals surface area contributed by atoms with E-state index in [1.807, 2.05) is 42.5 Å². The second-order valence-corrected chi connectivity index (χ2v) is 7.84. The van der Waals surface area contributed by atoms with Crippen LogP contribution >= 0.6 is 12.2 Å². The fourth-order valence-corrected chi connectivity index (χ4v) is 4.45. The van der Waals surface area contributed by atoms with Crippen LogP contribution in [0.5, 0.6) is 0 Å². The average molecular weight is 380 g/mol. The molecular weight excluding hydrogens is 354 g/mol. The summed E-state index contributed by atoms with van der Waals surface area (Å²) < 4.78 is 2.08. The topological polar surface area (TPSA) is 41.0 Å². The van der Waals surface area contributed by atoms with E-state index in [4.69, 9.17) is 12.2 Å². The molecular formula is C22H25N3OS. The van der Waals surface area contributed by atoms with Gasteiger partial charge in [0.05, 0.1) is 16.6 Å². The van der Waals surface area contributed by atoms with E-state index in [2.05, 4.69) is 23.0 Å². The lowest BCUT2D eigenvalue weighted by Gasteiger charge is -2.31. The number of fused-ring (bicyclic) bond motifs is 1. The number of nitrogens with zero attached hydrogens (tertiary/aromatic N) is 2. The van der Waals surface area contributed by atoms with Crippen molar-refractivity contribution in [1.82, 2.24) is 14.5 Å². The molecule has 5 heteroatoms. The Morgan fingerprint density at radius 1 is 1.07 bits per heavy atom. The first-order chi connectivity index (χ1) is 13.1. The van der Waals surface area contributed by atoms with Crippen LogP contribution in [0.25, 0.3) is 16.6 Å². The minimum Gasteiger partial charge on any atom is -0.331 e. The van der Waals surface area contributed by atoms with Crippen molar-refractivity contribution in [2.24, 2.45) is 0 Å². The van der Waals surface area contributed by atoms with Gasteiger partial charge in [-0.3, -0.25) is 14.3 Å². The molecule has 1 aliphatic rings. The lowest BCUT2D eigenvalue weighted by atomic mass is 9.94. The Morgan fingerprint density at radius 3 is 2.59 bits per heavy atom. The molecule has 0 saturated heterocycles. The van der Waals surface area contributed by atoms with E-state index >= 15 is 0 Å². The number of aromatic amines is 1. The molecule has 0 aliphatic heterocycles. The van der Waals surface area contributed by atoms with Gasteiger partial charge in [0.15, 0.2) is 4.77 Å². The van der Waals surface area contributed by atoms with Crippen LogP contribution in [-0.4, -0.2) is 27.5 Å². The Labute approximate surface area is 164 Å². The molecule has 0 atom stereocenters. The summed E-state index contributed by atoms with van der Waals surface area (Å²) in [7, 11) is 2.19. The summed E-state index contributed by atoms with van der Waals surface area (Å²) in [5.74, 6) is 0. The average Bonchev–Trinajstić information content (AvgIpc) is 2.70. The second-order valence-electron chi connectivity index (χ2n) is 7.45. The third-order valence-corrected chi connectivity index (χ3v) is 5.94. The van der Waals surface area contributed by atoms with Crippen LogP contribution in [0.15, 0.2) is 53.3 Å². The van der Waals surface area contributed by atoms with Crippen molar-refractivity contribution in [2.45, 2.75) is 44.7 Å². The van der Waals surface area contributed by atoms with Gasteiger partial charge >= 0.3 is 0 Å². The van der Waals surface area contributed by atoms with Crippen LogP contribution in [-0.2, 0) is 6.54 Å². The van der Waals surface area contributed by atoms with Crippen molar-refractivity contribution < 1.29 is 0 Å². The molecule has 1 N–H and O–H groups in total. The van der Waals surface area contributed by atoms with E-state index < -0.39 is 0 Å². The predicted molar refractivity (Wildman–Crippen MR) is 113 cm³/mol. The van der Waals surface area contributed by atoms with Crippen LogP contribution < -0.4 is 5.56 Å². The van der Waals surface area contributed by atoms with Crippen molar-refractivity contribution in [1.29, 1.82) is 0 Å². The Morgan fingerprint density at radius 2 is 1.78 bits per heavy atom. The molecule has 1 heterocycles. The summed E-state index contributed by atoms with van der Waals surface area (Å²) in [5, 5.41) is 0.654. The van der Waals surface area contributed by atoms with Crippen LogP contribution in [0.2, 0.25) is 0 Å². The first-order valence-corrected chi connectivity index (χ1v) is 10.1. The summed E-state index contributed by atoms with van der Waals surface area (Å²) in [6.07, 6.45) is 6.49. The van der Waals surface area contributed by atoms with Gasteiger partial charge in [0.1, 0.15) is 0 Å². The summed E-state index contributed by atoms with van der Waals surface area (Å²) in [6.45, 7) is 0.814. The molecule has 2 aromatic carbocycles. The van der Waals surface area contributed by atoms with Gasteiger partial charge in [0.25, 0.3) is 5.56 Å². The molecule has 0 amide bonds. The molecule has 1 aliphatic carbocycles. The third-order valence-electron chi connectivity index (χ3n) is 5.66. The molecule has 0 unspecified atom stereocenters. The number of hydrogen-bond acceptors (Lipinski definition) is 3. The number of rotatable bonds is 4. The molecule has 0 bridgehead atoms. The SMILES string of the molecule is CN(Cc1ccccc1-n1c(=S)[nH]c2ccccc2c1=O)C1CCCCC1. The zero-order valence-electron chi connectivity index (χ0n) is 15.6. The molecule has 4 rings (SSSR count). The highest BCUT2D eigenvalue weighted by Gasteiger charge is 2.19. The predicted octanol–water partition coefficient (Wildman–Crippen LogP) is 4.81. The minimum atomic E-state index is -0.0675. The monoisotopic (exact) mass is 379 g/mol. The highest BCUT2D eigenvalue weighted by atomic mass is 32.1. The molecule has 4 nitrogen and oxygen atoms in total. The fourth-order valence-electron chi connectivity index (χ4n) is 4.16. The minimum absolute atomic E-state index is 0.0675. The Bertz CT molecular complexity index is 1060. The number of aromatic nitrogens is 2. The standard InChI is InChI=1S/C22H25N3OS/c1-24(17-10-3-2-4-11-17)15-16-9-5-8-14-20(16)25-21(26)18-12-6-7-13-19(18)23-22(25)27/h5-9,12-14,17H,2-4,10-11,15H2,1H3,(H,23,27). The van der Waals surface area contributed by atoms with Crippen LogP contribution in [0.4, 0.5) is 0 Å². The Hall–Kier alpha value is -2.24. The maximum absolute atomic E-state index is 13.2. The van der Waals surface area contributed by atoms with Crippen LogP contribution in [0.1, 0.15) is 37.7 Å². The first-order valence-electron chi connectivity index (χ1n) is 9.68. The summed E-state index contributed by atoms with van der Waals surface area (Å²) >= 11 is 5.54. The van der Waals surface area contributed by atoms with Crippen molar-refractivity contribution in [3.8, 4) is 5.69 Å². The van der Waals surface area contributed by atoms with Crippen molar-refractivity contribution >= 4 is 23.1 Å². The molecule has 1 saturated carbocycles. The van der Waals surface area contributed by atoms with Crippen LogP contribution in [0.3, 0.4) is 0 Å². The molecule has 27 heavy (non-hydrogen) atoms. The van der Waals surface area contributed by atoms with Gasteiger partial charge in [0, 0.05) is 12.6 Å². The van der Waals surface area contributed by atoms with Gasteiger partial charge in [-0.1, -0.05) is 49.6 Å². The number of H-pyrrole nitrogens is 1. The van der Waals surface area contributed by atoms with E-state index in [1.165, 1.54) is 32.1 Å². The van der Waals surface area contributed by atoms with Gasteiger partial charge in [0.2, 0.25) is 0 Å². The maximum Gasteiger partial charge on any atom is 0.266 e. The van der Waals surface area contributed by atoms with Gasteiger partial charge in [-0.2, -0.15) is 0 Å². The number of para-hydroxylation sites is 2. The zero-order valence-corrected chi connectivity index (χ0v) is 16.5.